The van der Waals surface area contributed by atoms with Crippen LogP contribution in [0.4, 0.5) is 24.5 Å². The molecule has 33 heavy (non-hydrogen) atoms. The van der Waals surface area contributed by atoms with Crippen molar-refractivity contribution in [3.05, 3.63) is 60.7 Å². The number of hydrogen-bond donors (Lipinski definition) is 1. The van der Waals surface area contributed by atoms with Crippen LogP contribution in [0, 0.1) is 11.8 Å². The number of carbonyl (C=O) groups is 2. The van der Waals surface area contributed by atoms with Crippen LogP contribution in [0.15, 0.2) is 60.7 Å². The fourth-order valence-electron chi connectivity index (χ4n) is 4.82. The van der Waals surface area contributed by atoms with Crippen molar-refractivity contribution in [1.82, 2.24) is 0 Å². The zero-order valence-corrected chi connectivity index (χ0v) is 17.3. The first-order chi connectivity index (χ1) is 15.7. The Balaban J connectivity index is 1.36. The molecular weight excluding hydrogens is 441 g/mol. The van der Waals surface area contributed by atoms with Crippen molar-refractivity contribution in [1.29, 1.82) is 0 Å². The molecule has 1 N–H and O–H groups in total. The molecule has 0 unspecified atom stereocenters. The van der Waals surface area contributed by atoms with E-state index in [-0.39, 0.29) is 18.1 Å². The fourth-order valence-corrected chi connectivity index (χ4v) is 4.82. The maximum Gasteiger partial charge on any atom is 0.573 e. The number of hydrogen-bond acceptors (Lipinski definition) is 5. The molecule has 3 aliphatic heterocycles. The summed E-state index contributed by atoms with van der Waals surface area (Å²) in [4.78, 5) is 28.1. The van der Waals surface area contributed by atoms with Crippen molar-refractivity contribution >= 4 is 23.2 Å². The second-order valence-electron chi connectivity index (χ2n) is 8.06. The van der Waals surface area contributed by atoms with Gasteiger partial charge in [-0.1, -0.05) is 24.3 Å². The fraction of sp³-hybridized carbons (Fsp3) is 0.304. The standard InChI is InChI=1S/C23H19F3N2O5/c1-31-16-5-3-2-4-15(16)28-12-22-11-10-17(33-22)18(19(22)21(28)30)20(29)27-13-6-8-14(9-7-13)32-23(24,25)26/h2-11,17-19H,12H2,1H3,(H,27,29)/t17-,18+,19+,22-/m1/s1. The van der Waals surface area contributed by atoms with Crippen molar-refractivity contribution in [2.45, 2.75) is 18.1 Å². The molecule has 2 aromatic rings. The summed E-state index contributed by atoms with van der Waals surface area (Å²) in [6.07, 6.45) is -1.75. The average molecular weight is 460 g/mol. The minimum Gasteiger partial charge on any atom is -0.495 e. The highest BCUT2D eigenvalue weighted by atomic mass is 19.4. The van der Waals surface area contributed by atoms with Crippen molar-refractivity contribution < 1.29 is 37.0 Å². The molecule has 2 bridgehead atoms. The molecule has 0 saturated carbocycles. The van der Waals surface area contributed by atoms with Gasteiger partial charge in [0.2, 0.25) is 11.8 Å². The number of ether oxygens (including phenoxy) is 3. The molecule has 2 aromatic carbocycles. The molecule has 172 valence electrons. The summed E-state index contributed by atoms with van der Waals surface area (Å²) in [5.41, 5.74) is -0.0503. The molecule has 2 saturated heterocycles. The van der Waals surface area contributed by atoms with E-state index < -0.39 is 41.6 Å². The number of rotatable bonds is 5. The van der Waals surface area contributed by atoms with Crippen LogP contribution >= 0.6 is 0 Å². The number of alkyl halides is 3. The van der Waals surface area contributed by atoms with Gasteiger partial charge < -0.3 is 24.4 Å². The molecule has 2 amide bonds. The van der Waals surface area contributed by atoms with E-state index in [0.29, 0.717) is 11.4 Å². The molecule has 3 aliphatic rings. The van der Waals surface area contributed by atoms with Gasteiger partial charge in [0.1, 0.15) is 17.1 Å². The zero-order valence-electron chi connectivity index (χ0n) is 17.3. The van der Waals surface area contributed by atoms with Gasteiger partial charge in [-0.05, 0) is 36.4 Å². The van der Waals surface area contributed by atoms with Gasteiger partial charge in [-0.3, -0.25) is 9.59 Å². The van der Waals surface area contributed by atoms with Gasteiger partial charge in [0.15, 0.2) is 0 Å². The maximum absolute atomic E-state index is 13.4. The Hall–Kier alpha value is -3.53. The Bertz CT molecular complexity index is 1130. The average Bonchev–Trinajstić information content (AvgIpc) is 3.42. The van der Waals surface area contributed by atoms with Crippen LogP contribution in [-0.4, -0.2) is 43.5 Å². The molecule has 0 aliphatic carbocycles. The highest BCUT2D eigenvalue weighted by molar-refractivity contribution is 6.06. The number of benzene rings is 2. The summed E-state index contributed by atoms with van der Waals surface area (Å²) in [6, 6.07) is 11.9. The lowest BCUT2D eigenvalue weighted by Crippen LogP contribution is -2.41. The summed E-state index contributed by atoms with van der Waals surface area (Å²) in [5.74, 6) is -2.08. The molecule has 5 rings (SSSR count). The summed E-state index contributed by atoms with van der Waals surface area (Å²) in [5, 5.41) is 2.68. The van der Waals surface area contributed by atoms with E-state index in [4.69, 9.17) is 9.47 Å². The van der Waals surface area contributed by atoms with Crippen molar-refractivity contribution in [3.8, 4) is 11.5 Å². The third-order valence-corrected chi connectivity index (χ3v) is 6.13. The lowest BCUT2D eigenvalue weighted by atomic mass is 9.77. The van der Waals surface area contributed by atoms with Crippen LogP contribution in [0.3, 0.4) is 0 Å². The van der Waals surface area contributed by atoms with Crippen LogP contribution in [0.5, 0.6) is 11.5 Å². The first kappa shape index (κ1) is 21.3. The Morgan fingerprint density at radius 3 is 2.61 bits per heavy atom. The number of amides is 2. The van der Waals surface area contributed by atoms with E-state index in [1.54, 1.807) is 35.2 Å². The van der Waals surface area contributed by atoms with E-state index in [0.717, 1.165) is 12.1 Å². The van der Waals surface area contributed by atoms with Crippen molar-refractivity contribution in [3.63, 3.8) is 0 Å². The van der Waals surface area contributed by atoms with Gasteiger partial charge in [0, 0.05) is 5.69 Å². The second kappa shape index (κ2) is 7.51. The highest BCUT2D eigenvalue weighted by Crippen LogP contribution is 2.53. The third-order valence-electron chi connectivity index (χ3n) is 6.13. The van der Waals surface area contributed by atoms with Crippen LogP contribution in [0.25, 0.3) is 0 Å². The number of nitrogens with one attached hydrogen (secondary N) is 1. The van der Waals surface area contributed by atoms with Gasteiger partial charge in [-0.15, -0.1) is 13.2 Å². The maximum atomic E-state index is 13.4. The lowest BCUT2D eigenvalue weighted by molar-refractivity contribution is -0.274. The molecule has 7 nitrogen and oxygen atoms in total. The number of methoxy groups -OCH3 is 1. The minimum atomic E-state index is -4.80. The molecule has 1 spiro atoms. The second-order valence-corrected chi connectivity index (χ2v) is 8.06. The van der Waals surface area contributed by atoms with E-state index in [1.165, 1.54) is 19.2 Å². The predicted octanol–water partition coefficient (Wildman–Crippen LogP) is 3.52. The Morgan fingerprint density at radius 2 is 1.91 bits per heavy atom. The Morgan fingerprint density at radius 1 is 1.18 bits per heavy atom. The topological polar surface area (TPSA) is 77.1 Å². The molecular formula is C23H19F3N2O5. The first-order valence-corrected chi connectivity index (χ1v) is 10.2. The quantitative estimate of drug-likeness (QED) is 0.691. The monoisotopic (exact) mass is 460 g/mol. The minimum absolute atomic E-state index is 0.247. The summed E-state index contributed by atoms with van der Waals surface area (Å²) in [6.45, 7) is 0.247. The van der Waals surface area contributed by atoms with Gasteiger partial charge in [-0.25, -0.2) is 0 Å². The van der Waals surface area contributed by atoms with Gasteiger partial charge >= 0.3 is 6.36 Å². The van der Waals surface area contributed by atoms with Gasteiger partial charge in [0.05, 0.1) is 37.3 Å². The molecule has 3 heterocycles. The number of carbonyl (C=O) groups excluding carboxylic acids is 2. The zero-order chi connectivity index (χ0) is 23.4. The van der Waals surface area contributed by atoms with Crippen molar-refractivity contribution in [2.75, 3.05) is 23.9 Å². The van der Waals surface area contributed by atoms with Gasteiger partial charge in [-0.2, -0.15) is 0 Å². The van der Waals surface area contributed by atoms with Crippen LogP contribution in [-0.2, 0) is 14.3 Å². The first-order valence-electron chi connectivity index (χ1n) is 10.2. The molecule has 0 aromatic heterocycles. The van der Waals surface area contributed by atoms with Crippen LogP contribution in [0.1, 0.15) is 0 Å². The Kier molecular flexibility index (Phi) is 4.86. The summed E-state index contributed by atoms with van der Waals surface area (Å²) >= 11 is 0. The molecule has 0 radical (unpaired) electrons. The molecule has 10 heteroatoms. The Labute approximate surface area is 186 Å². The van der Waals surface area contributed by atoms with E-state index in [2.05, 4.69) is 10.1 Å². The largest absolute Gasteiger partial charge is 0.573 e. The highest BCUT2D eigenvalue weighted by Gasteiger charge is 2.67. The molecule has 4 atom stereocenters. The number of nitrogens with zero attached hydrogens (tertiary/aromatic N) is 1. The molecule has 2 fully saturated rings. The van der Waals surface area contributed by atoms with E-state index in [9.17, 15) is 22.8 Å². The van der Waals surface area contributed by atoms with Crippen LogP contribution < -0.4 is 19.7 Å². The van der Waals surface area contributed by atoms with Crippen LogP contribution in [0.2, 0.25) is 0 Å². The number of halogens is 3. The van der Waals surface area contributed by atoms with Crippen molar-refractivity contribution in [2.24, 2.45) is 11.8 Å². The number of fused-ring (bicyclic) bond motifs is 1. The smallest absolute Gasteiger partial charge is 0.495 e. The summed E-state index contributed by atoms with van der Waals surface area (Å²) < 4.78 is 52.4. The third kappa shape index (κ3) is 3.60. The lowest BCUT2D eigenvalue weighted by Gasteiger charge is -2.23. The predicted molar refractivity (Wildman–Crippen MR) is 111 cm³/mol. The van der Waals surface area contributed by atoms with Gasteiger partial charge in [0.25, 0.3) is 0 Å². The van der Waals surface area contributed by atoms with E-state index >= 15 is 0 Å². The van der Waals surface area contributed by atoms with E-state index in [1.807, 2.05) is 6.08 Å². The summed E-state index contributed by atoms with van der Waals surface area (Å²) in [7, 11) is 1.52. The number of para-hydroxylation sites is 2. The SMILES string of the molecule is COc1ccccc1N1C[C@@]23C=C[C@@H](O2)[C@H](C(=O)Nc2ccc(OC(F)(F)F)cc2)[C@H]3C1=O. The normalized spacial score (nSPS) is 27.6. The number of anilines is 2.